The number of likely N-dealkylation sites (tertiary alicyclic amines) is 1. The van der Waals surface area contributed by atoms with E-state index < -0.39 is 0 Å². The van der Waals surface area contributed by atoms with Gasteiger partial charge >= 0.3 is 0 Å². The Bertz CT molecular complexity index is 1010. The number of carbonyl (C=O) groups is 2. The zero-order chi connectivity index (χ0) is 22.7. The van der Waals surface area contributed by atoms with Crippen LogP contribution in [-0.2, 0) is 22.6 Å². The second-order valence-corrected chi connectivity index (χ2v) is 8.63. The second kappa shape index (κ2) is 9.63. The minimum Gasteiger partial charge on any atom is -0.352 e. The van der Waals surface area contributed by atoms with E-state index in [1.165, 1.54) is 13.0 Å². The molecule has 0 aliphatic carbocycles. The zero-order valence-electron chi connectivity index (χ0n) is 18.7. The number of rotatable bonds is 5. The molecule has 3 heterocycles. The summed E-state index contributed by atoms with van der Waals surface area (Å²) in [5.74, 6) is 0.974. The van der Waals surface area contributed by atoms with Crippen molar-refractivity contribution < 1.29 is 14.0 Å². The number of benzene rings is 1. The number of hydrogen-bond donors (Lipinski definition) is 1. The molecule has 1 aromatic heterocycles. The summed E-state index contributed by atoms with van der Waals surface area (Å²) in [6.45, 7) is 5.45. The van der Waals surface area contributed by atoms with Gasteiger partial charge in [0.2, 0.25) is 11.8 Å². The Morgan fingerprint density at radius 3 is 2.81 bits per heavy atom. The fourth-order valence-electron chi connectivity index (χ4n) is 4.67. The minimum absolute atomic E-state index is 0.0124. The van der Waals surface area contributed by atoms with Gasteiger partial charge in [-0.25, -0.2) is 14.4 Å². The first-order valence-electron chi connectivity index (χ1n) is 11.3. The van der Waals surface area contributed by atoms with Crippen LogP contribution >= 0.6 is 0 Å². The lowest BCUT2D eigenvalue weighted by Gasteiger charge is -2.37. The summed E-state index contributed by atoms with van der Waals surface area (Å²) >= 11 is 0. The average Bonchev–Trinajstić information content (AvgIpc) is 2.78. The van der Waals surface area contributed by atoms with E-state index in [2.05, 4.69) is 10.2 Å². The fraction of sp³-hybridized carbons (Fsp3) is 0.500. The van der Waals surface area contributed by atoms with E-state index in [9.17, 15) is 14.0 Å². The van der Waals surface area contributed by atoms with Gasteiger partial charge < -0.3 is 15.1 Å². The Kier molecular flexibility index (Phi) is 6.67. The first-order chi connectivity index (χ1) is 15.4. The van der Waals surface area contributed by atoms with Gasteiger partial charge in [0.05, 0.1) is 12.6 Å². The molecular weight excluding hydrogens is 409 g/mol. The van der Waals surface area contributed by atoms with Gasteiger partial charge in [-0.2, -0.15) is 0 Å². The molecule has 2 aliphatic rings. The van der Waals surface area contributed by atoms with Gasteiger partial charge in [0.15, 0.2) is 5.82 Å². The fourth-order valence-corrected chi connectivity index (χ4v) is 4.67. The number of nitrogens with one attached hydrogen (secondary N) is 1. The van der Waals surface area contributed by atoms with E-state index in [0.717, 1.165) is 61.3 Å². The lowest BCUT2D eigenvalue weighted by atomic mass is 9.99. The van der Waals surface area contributed by atoms with E-state index in [-0.39, 0.29) is 30.2 Å². The normalized spacial score (nSPS) is 18.3. The molecule has 0 radical (unpaired) electrons. The average molecular weight is 440 g/mol. The molecule has 8 heteroatoms. The molecule has 1 fully saturated rings. The first-order valence-corrected chi connectivity index (χ1v) is 11.3. The number of halogens is 1. The highest BCUT2D eigenvalue weighted by molar-refractivity contribution is 5.84. The van der Waals surface area contributed by atoms with Crippen LogP contribution in [-0.4, -0.2) is 46.3 Å². The number of carbonyl (C=O) groups excluding carboxylic acids is 2. The molecule has 2 aliphatic heterocycles. The Morgan fingerprint density at radius 1 is 1.19 bits per heavy atom. The smallest absolute Gasteiger partial charge is 0.242 e. The summed E-state index contributed by atoms with van der Waals surface area (Å²) in [5, 5.41) is 2.61. The van der Waals surface area contributed by atoms with Crippen LogP contribution in [0.4, 0.5) is 10.2 Å². The van der Waals surface area contributed by atoms with Gasteiger partial charge in [0.1, 0.15) is 11.6 Å². The summed E-state index contributed by atoms with van der Waals surface area (Å²) in [7, 11) is 0. The summed E-state index contributed by atoms with van der Waals surface area (Å²) in [5.41, 5.74) is 2.97. The lowest BCUT2D eigenvalue weighted by Crippen LogP contribution is -2.44. The summed E-state index contributed by atoms with van der Waals surface area (Å²) in [4.78, 5) is 37.8. The van der Waals surface area contributed by atoms with E-state index in [1.807, 2.05) is 13.0 Å². The second-order valence-electron chi connectivity index (χ2n) is 8.63. The van der Waals surface area contributed by atoms with Crippen LogP contribution in [0, 0.1) is 12.7 Å². The predicted molar refractivity (Wildman–Crippen MR) is 120 cm³/mol. The highest BCUT2D eigenvalue weighted by Gasteiger charge is 2.32. The number of hydrogen-bond acceptors (Lipinski definition) is 5. The topological polar surface area (TPSA) is 78.4 Å². The summed E-state index contributed by atoms with van der Waals surface area (Å²) in [6.07, 6.45) is 4.64. The van der Waals surface area contributed by atoms with Crippen molar-refractivity contribution in [2.45, 2.75) is 58.5 Å². The molecule has 1 N–H and O–H groups in total. The van der Waals surface area contributed by atoms with Crippen LogP contribution in [0.25, 0.3) is 0 Å². The van der Waals surface area contributed by atoms with Crippen LogP contribution in [0.3, 0.4) is 0 Å². The Morgan fingerprint density at radius 2 is 2.03 bits per heavy atom. The maximum atomic E-state index is 13.7. The van der Waals surface area contributed by atoms with Crippen molar-refractivity contribution in [1.82, 2.24) is 20.2 Å². The van der Waals surface area contributed by atoms with Gasteiger partial charge in [-0.05, 0) is 56.7 Å². The van der Waals surface area contributed by atoms with Crippen molar-refractivity contribution in [3.05, 3.63) is 52.7 Å². The van der Waals surface area contributed by atoms with Gasteiger partial charge in [0.25, 0.3) is 0 Å². The van der Waals surface area contributed by atoms with E-state index in [0.29, 0.717) is 18.9 Å². The number of nitrogens with zero attached hydrogens (tertiary/aromatic N) is 4. The molecule has 32 heavy (non-hydrogen) atoms. The predicted octanol–water partition coefficient (Wildman–Crippen LogP) is 3.07. The van der Waals surface area contributed by atoms with Crippen molar-refractivity contribution in [2.75, 3.05) is 24.5 Å². The van der Waals surface area contributed by atoms with Crippen molar-refractivity contribution >= 4 is 17.6 Å². The standard InChI is InChI=1S/C24H30FN5O2/c1-16-20-9-6-11-29(15-18-7-5-8-19(25)13-18)24(20)28-23(27-16)21-10-3-4-12-30(21)22(32)14-26-17(2)31/h5,7-8,13,21H,3-4,6,9-12,14-15H2,1-2H3,(H,26,31)/t21-/m1/s1. The Labute approximate surface area is 188 Å². The third-order valence-corrected chi connectivity index (χ3v) is 6.24. The molecule has 170 valence electrons. The SMILES string of the molecule is CC(=O)NCC(=O)N1CCCC[C@@H]1c1nc(C)c2c(n1)N(Cc1cccc(F)c1)CCC2. The minimum atomic E-state index is -0.241. The molecule has 4 rings (SSSR count). The molecule has 1 aromatic carbocycles. The van der Waals surface area contributed by atoms with Gasteiger partial charge in [-0.15, -0.1) is 0 Å². The van der Waals surface area contributed by atoms with E-state index >= 15 is 0 Å². The van der Waals surface area contributed by atoms with Gasteiger partial charge in [0, 0.05) is 37.8 Å². The van der Waals surface area contributed by atoms with E-state index in [1.54, 1.807) is 17.0 Å². The van der Waals surface area contributed by atoms with Crippen LogP contribution < -0.4 is 10.2 Å². The number of anilines is 1. The number of amides is 2. The number of aromatic nitrogens is 2. The monoisotopic (exact) mass is 439 g/mol. The summed E-state index contributed by atoms with van der Waals surface area (Å²) in [6, 6.07) is 6.47. The number of aryl methyl sites for hydroxylation is 1. The zero-order valence-corrected chi connectivity index (χ0v) is 18.7. The van der Waals surface area contributed by atoms with Crippen LogP contribution in [0.5, 0.6) is 0 Å². The molecular formula is C24H30FN5O2. The van der Waals surface area contributed by atoms with Crippen molar-refractivity contribution in [2.24, 2.45) is 0 Å². The first kappa shape index (κ1) is 22.2. The highest BCUT2D eigenvalue weighted by Crippen LogP contribution is 2.34. The van der Waals surface area contributed by atoms with Crippen LogP contribution in [0.2, 0.25) is 0 Å². The number of piperidine rings is 1. The summed E-state index contributed by atoms with van der Waals surface area (Å²) < 4.78 is 13.7. The third kappa shape index (κ3) is 4.89. The molecule has 1 saturated heterocycles. The molecule has 0 bridgehead atoms. The molecule has 0 saturated carbocycles. The van der Waals surface area contributed by atoms with E-state index in [4.69, 9.17) is 9.97 Å². The molecule has 7 nitrogen and oxygen atoms in total. The molecule has 2 aromatic rings. The maximum Gasteiger partial charge on any atom is 0.242 e. The van der Waals surface area contributed by atoms with Gasteiger partial charge in [-0.1, -0.05) is 12.1 Å². The number of fused-ring (bicyclic) bond motifs is 1. The van der Waals surface area contributed by atoms with Crippen LogP contribution in [0.1, 0.15) is 61.3 Å². The molecule has 0 unspecified atom stereocenters. The van der Waals surface area contributed by atoms with Crippen LogP contribution in [0.15, 0.2) is 24.3 Å². The molecule has 1 atom stereocenters. The molecule has 2 amide bonds. The molecule has 0 spiro atoms. The quantitative estimate of drug-likeness (QED) is 0.775. The van der Waals surface area contributed by atoms with Crippen molar-refractivity contribution in [1.29, 1.82) is 0 Å². The largest absolute Gasteiger partial charge is 0.352 e. The maximum absolute atomic E-state index is 13.7. The lowest BCUT2D eigenvalue weighted by molar-refractivity contribution is -0.136. The third-order valence-electron chi connectivity index (χ3n) is 6.24. The van der Waals surface area contributed by atoms with Crippen molar-refractivity contribution in [3.63, 3.8) is 0 Å². The Hall–Kier alpha value is -3.03. The van der Waals surface area contributed by atoms with Crippen molar-refractivity contribution in [3.8, 4) is 0 Å². The highest BCUT2D eigenvalue weighted by atomic mass is 19.1. The van der Waals surface area contributed by atoms with Gasteiger partial charge in [-0.3, -0.25) is 9.59 Å². The Balaban J connectivity index is 1.63.